The molecule has 5 nitrogen and oxygen atoms in total. The van der Waals surface area contributed by atoms with Crippen molar-refractivity contribution in [3.8, 4) is 0 Å². The molecule has 0 spiro atoms. The Morgan fingerprint density at radius 1 is 1.29 bits per heavy atom. The van der Waals surface area contributed by atoms with Crippen LogP contribution in [0.5, 0.6) is 0 Å². The highest BCUT2D eigenvalue weighted by Gasteiger charge is 2.08. The highest BCUT2D eigenvalue weighted by molar-refractivity contribution is 7.98. The van der Waals surface area contributed by atoms with Gasteiger partial charge in [0.25, 0.3) is 5.78 Å². The molecule has 0 unspecified atom stereocenters. The lowest BCUT2D eigenvalue weighted by atomic mass is 10.2. The topological polar surface area (TPSA) is 58.9 Å². The van der Waals surface area contributed by atoms with E-state index in [1.807, 2.05) is 24.3 Å². The van der Waals surface area contributed by atoms with Crippen molar-refractivity contribution in [2.75, 3.05) is 0 Å². The third-order valence-corrected chi connectivity index (χ3v) is 3.64. The number of rotatable bonds is 3. The van der Waals surface area contributed by atoms with E-state index < -0.39 is 0 Å². The number of nitrogens with one attached hydrogen (secondary N) is 1. The number of aromatic nitrogens is 5. The van der Waals surface area contributed by atoms with Crippen molar-refractivity contribution in [3.05, 3.63) is 41.2 Å². The van der Waals surface area contributed by atoms with Crippen LogP contribution in [0, 0.1) is 0 Å². The van der Waals surface area contributed by atoms with Gasteiger partial charge in [-0.2, -0.15) is 9.50 Å². The predicted octanol–water partition coefficient (Wildman–Crippen LogP) is 2.40. The average molecular weight is 266 g/mol. The molecule has 7 heteroatoms. The van der Waals surface area contributed by atoms with E-state index in [2.05, 4.69) is 20.3 Å². The molecule has 0 atom stereocenters. The number of benzene rings is 1. The van der Waals surface area contributed by atoms with Gasteiger partial charge < -0.3 is 0 Å². The normalized spacial score (nSPS) is 11.1. The zero-order valence-corrected chi connectivity index (χ0v) is 10.2. The van der Waals surface area contributed by atoms with Crippen LogP contribution >= 0.6 is 23.4 Å². The molecule has 0 fully saturated rings. The van der Waals surface area contributed by atoms with Gasteiger partial charge in [0.05, 0.1) is 0 Å². The number of fused-ring (bicyclic) bond motifs is 1. The van der Waals surface area contributed by atoms with Crippen molar-refractivity contribution in [1.82, 2.24) is 24.8 Å². The van der Waals surface area contributed by atoms with Gasteiger partial charge >= 0.3 is 0 Å². The monoisotopic (exact) mass is 265 g/mol. The van der Waals surface area contributed by atoms with Crippen molar-refractivity contribution in [1.29, 1.82) is 0 Å². The highest BCUT2D eigenvalue weighted by atomic mass is 35.5. The first-order valence-electron chi connectivity index (χ1n) is 4.95. The number of hydrogen-bond acceptors (Lipinski definition) is 4. The largest absolute Gasteiger partial charge is 0.278 e. The maximum atomic E-state index is 6.09. The van der Waals surface area contributed by atoms with Crippen molar-refractivity contribution in [2.24, 2.45) is 0 Å². The molecule has 0 aliphatic rings. The minimum Gasteiger partial charge on any atom is -0.278 e. The van der Waals surface area contributed by atoms with Gasteiger partial charge in [-0.1, -0.05) is 41.6 Å². The SMILES string of the molecule is Clc1ccccc1CSc1nnc2nc[nH]n12. The molecular weight excluding hydrogens is 258 g/mol. The summed E-state index contributed by atoms with van der Waals surface area (Å²) in [4.78, 5) is 4.01. The maximum Gasteiger partial charge on any atom is 0.272 e. The van der Waals surface area contributed by atoms with E-state index in [9.17, 15) is 0 Å². The molecule has 3 rings (SSSR count). The molecule has 0 aliphatic heterocycles. The summed E-state index contributed by atoms with van der Waals surface area (Å²) in [5, 5.41) is 12.5. The van der Waals surface area contributed by atoms with Crippen LogP contribution in [0.4, 0.5) is 0 Å². The Bertz CT molecular complexity index is 647. The second-order valence-electron chi connectivity index (χ2n) is 3.39. The van der Waals surface area contributed by atoms with Crippen LogP contribution < -0.4 is 0 Å². The van der Waals surface area contributed by atoms with Crippen molar-refractivity contribution in [3.63, 3.8) is 0 Å². The van der Waals surface area contributed by atoms with Gasteiger partial charge in [0.1, 0.15) is 6.33 Å². The summed E-state index contributed by atoms with van der Waals surface area (Å²) in [7, 11) is 0. The third-order valence-electron chi connectivity index (χ3n) is 2.30. The molecular formula is C10H8ClN5S. The minimum absolute atomic E-state index is 0.576. The van der Waals surface area contributed by atoms with Crippen LogP contribution in [-0.2, 0) is 5.75 Å². The first-order valence-corrected chi connectivity index (χ1v) is 6.31. The van der Waals surface area contributed by atoms with Crippen LogP contribution in [0.15, 0.2) is 35.7 Å². The number of aromatic amines is 1. The number of nitrogens with zero attached hydrogens (tertiary/aromatic N) is 4. The number of H-pyrrole nitrogens is 1. The van der Waals surface area contributed by atoms with E-state index in [0.29, 0.717) is 5.78 Å². The van der Waals surface area contributed by atoms with E-state index in [1.54, 1.807) is 22.6 Å². The zero-order valence-electron chi connectivity index (χ0n) is 8.67. The number of thioether (sulfide) groups is 1. The molecule has 0 bridgehead atoms. The highest BCUT2D eigenvalue weighted by Crippen LogP contribution is 2.24. The summed E-state index contributed by atoms with van der Waals surface area (Å²) in [5.41, 5.74) is 1.08. The molecule has 0 saturated heterocycles. The van der Waals surface area contributed by atoms with Crippen LogP contribution in [0.25, 0.3) is 5.78 Å². The average Bonchev–Trinajstić information content (AvgIpc) is 2.91. The van der Waals surface area contributed by atoms with E-state index in [4.69, 9.17) is 11.6 Å². The smallest absolute Gasteiger partial charge is 0.272 e. The predicted molar refractivity (Wildman–Crippen MR) is 66.1 cm³/mol. The van der Waals surface area contributed by atoms with Gasteiger partial charge in [0.2, 0.25) is 5.16 Å². The summed E-state index contributed by atoms with van der Waals surface area (Å²) < 4.78 is 1.74. The van der Waals surface area contributed by atoms with Crippen LogP contribution in [0.3, 0.4) is 0 Å². The Morgan fingerprint density at radius 2 is 2.18 bits per heavy atom. The molecule has 0 radical (unpaired) electrons. The Hall–Kier alpha value is -1.53. The van der Waals surface area contributed by atoms with Gasteiger partial charge in [-0.15, -0.1) is 10.2 Å². The van der Waals surface area contributed by atoms with E-state index >= 15 is 0 Å². The van der Waals surface area contributed by atoms with Gasteiger partial charge in [-0.25, -0.2) is 0 Å². The fraction of sp³-hybridized carbons (Fsp3) is 0.100. The molecule has 86 valence electrons. The summed E-state index contributed by atoms with van der Waals surface area (Å²) in [6.07, 6.45) is 1.59. The standard InChI is InChI=1S/C10H8ClN5S/c11-8-4-2-1-3-7(8)5-17-10-15-14-9-12-6-13-16(9)10/h1-4,6H,5H2,(H,12,13,14). The summed E-state index contributed by atoms with van der Waals surface area (Å²) >= 11 is 7.65. The lowest BCUT2D eigenvalue weighted by Crippen LogP contribution is -1.88. The summed E-state index contributed by atoms with van der Waals surface area (Å²) in [6.45, 7) is 0. The van der Waals surface area contributed by atoms with Crippen LogP contribution in [0.1, 0.15) is 5.56 Å². The Balaban J connectivity index is 1.81. The van der Waals surface area contributed by atoms with Gasteiger partial charge in [-0.05, 0) is 11.6 Å². The molecule has 1 aromatic carbocycles. The first-order chi connectivity index (χ1) is 8.34. The molecule has 3 aromatic rings. The quantitative estimate of drug-likeness (QED) is 0.739. The Labute approximate surface area is 106 Å². The Morgan fingerprint density at radius 3 is 3.06 bits per heavy atom. The molecule has 1 N–H and O–H groups in total. The van der Waals surface area contributed by atoms with E-state index in [1.165, 1.54) is 0 Å². The molecule has 0 saturated carbocycles. The zero-order chi connectivity index (χ0) is 11.7. The second-order valence-corrected chi connectivity index (χ2v) is 4.74. The van der Waals surface area contributed by atoms with Crippen LogP contribution in [0.2, 0.25) is 5.02 Å². The van der Waals surface area contributed by atoms with Crippen molar-refractivity contribution in [2.45, 2.75) is 10.9 Å². The lowest BCUT2D eigenvalue weighted by molar-refractivity contribution is 0.821. The van der Waals surface area contributed by atoms with Crippen LogP contribution in [-0.4, -0.2) is 24.8 Å². The molecule has 2 heterocycles. The third kappa shape index (κ3) is 2.01. The molecule has 2 aromatic heterocycles. The van der Waals surface area contributed by atoms with Gasteiger partial charge in [0.15, 0.2) is 0 Å². The lowest BCUT2D eigenvalue weighted by Gasteiger charge is -2.01. The fourth-order valence-corrected chi connectivity index (χ4v) is 2.63. The Kier molecular flexibility index (Phi) is 2.74. The van der Waals surface area contributed by atoms with E-state index in [0.717, 1.165) is 21.5 Å². The molecule has 17 heavy (non-hydrogen) atoms. The van der Waals surface area contributed by atoms with Gasteiger partial charge in [0, 0.05) is 10.8 Å². The number of hydrogen-bond donors (Lipinski definition) is 1. The van der Waals surface area contributed by atoms with Gasteiger partial charge in [-0.3, -0.25) is 5.10 Å². The van der Waals surface area contributed by atoms with Crippen molar-refractivity contribution >= 4 is 29.1 Å². The van der Waals surface area contributed by atoms with E-state index in [-0.39, 0.29) is 0 Å². The summed E-state index contributed by atoms with van der Waals surface area (Å²) in [6, 6.07) is 7.77. The summed E-state index contributed by atoms with van der Waals surface area (Å²) in [5.74, 6) is 1.33. The first kappa shape index (κ1) is 10.6. The molecule has 0 aliphatic carbocycles. The second kappa shape index (κ2) is 4.38. The fourth-order valence-electron chi connectivity index (χ4n) is 1.45. The number of halogens is 1. The van der Waals surface area contributed by atoms with Crippen molar-refractivity contribution < 1.29 is 0 Å². The minimum atomic E-state index is 0.576. The molecule has 0 amide bonds. The maximum absolute atomic E-state index is 6.09.